The Morgan fingerprint density at radius 1 is 1.17 bits per heavy atom. The lowest BCUT2D eigenvalue weighted by atomic mass is 9.71. The van der Waals surface area contributed by atoms with Gasteiger partial charge >= 0.3 is 0 Å². The van der Waals surface area contributed by atoms with Crippen molar-refractivity contribution in [3.8, 4) is 0 Å². The van der Waals surface area contributed by atoms with E-state index in [9.17, 15) is 9.59 Å². The first-order valence-electron chi connectivity index (χ1n) is 10.3. The zero-order chi connectivity index (χ0) is 20.0. The van der Waals surface area contributed by atoms with Crippen molar-refractivity contribution in [2.45, 2.75) is 31.1 Å². The highest BCUT2D eigenvalue weighted by Crippen LogP contribution is 2.41. The third kappa shape index (κ3) is 2.97. The number of likely N-dealkylation sites (N-methyl/N-ethyl adjacent to an activating group) is 1. The molecular formula is C21H25N5O3. The first-order chi connectivity index (χ1) is 14.1. The van der Waals surface area contributed by atoms with Crippen molar-refractivity contribution in [3.63, 3.8) is 0 Å². The number of hydrogen-bond donors (Lipinski definition) is 0. The molecule has 2 aromatic rings. The molecule has 0 unspecified atom stereocenters. The molecule has 2 fully saturated rings. The molecule has 0 atom stereocenters. The number of carbonyl (C=O) groups excluding carboxylic acids is 2. The summed E-state index contributed by atoms with van der Waals surface area (Å²) in [6.45, 7) is 3.78. The van der Waals surface area contributed by atoms with E-state index in [-0.39, 0.29) is 17.2 Å². The molecule has 3 aliphatic heterocycles. The van der Waals surface area contributed by atoms with Gasteiger partial charge in [-0.1, -0.05) is 0 Å². The molecule has 5 heterocycles. The number of nitrogens with zero attached hydrogens (tertiary/aromatic N) is 5. The van der Waals surface area contributed by atoms with Crippen molar-refractivity contribution in [3.05, 3.63) is 41.6 Å². The summed E-state index contributed by atoms with van der Waals surface area (Å²) in [7, 11) is 1.84. The summed E-state index contributed by atoms with van der Waals surface area (Å²) >= 11 is 0. The molecule has 2 saturated heterocycles. The highest BCUT2D eigenvalue weighted by molar-refractivity contribution is 5.97. The zero-order valence-corrected chi connectivity index (χ0v) is 16.6. The molecule has 0 saturated carbocycles. The van der Waals surface area contributed by atoms with Crippen LogP contribution in [0.15, 0.2) is 29.0 Å². The summed E-state index contributed by atoms with van der Waals surface area (Å²) in [5, 5.41) is 0. The second-order valence-corrected chi connectivity index (χ2v) is 8.34. The number of rotatable bonds is 2. The topological polar surface area (TPSA) is 82.8 Å². The van der Waals surface area contributed by atoms with E-state index in [2.05, 4.69) is 9.88 Å². The van der Waals surface area contributed by atoms with Crippen LogP contribution < -0.4 is 4.90 Å². The quantitative estimate of drug-likeness (QED) is 0.773. The summed E-state index contributed by atoms with van der Waals surface area (Å²) in [5.74, 6) is 1.00. The summed E-state index contributed by atoms with van der Waals surface area (Å²) in [6, 6.07) is 3.43. The van der Waals surface area contributed by atoms with Gasteiger partial charge in [0.05, 0.1) is 17.5 Å². The Balaban J connectivity index is 1.45. The molecular weight excluding hydrogens is 370 g/mol. The van der Waals surface area contributed by atoms with E-state index in [1.165, 1.54) is 6.26 Å². The monoisotopic (exact) mass is 395 g/mol. The van der Waals surface area contributed by atoms with Crippen LogP contribution in [0, 0.1) is 0 Å². The highest BCUT2D eigenvalue weighted by atomic mass is 16.3. The number of furan rings is 1. The molecule has 0 aromatic carbocycles. The van der Waals surface area contributed by atoms with Crippen LogP contribution in [0.3, 0.4) is 0 Å². The van der Waals surface area contributed by atoms with E-state index in [0.717, 1.165) is 50.4 Å². The normalized spacial score (nSPS) is 21.0. The molecule has 0 bridgehead atoms. The van der Waals surface area contributed by atoms with Gasteiger partial charge in [-0.3, -0.25) is 9.59 Å². The van der Waals surface area contributed by atoms with E-state index in [1.54, 1.807) is 23.2 Å². The van der Waals surface area contributed by atoms with Crippen LogP contribution in [-0.4, -0.2) is 71.4 Å². The lowest BCUT2D eigenvalue weighted by molar-refractivity contribution is 0.0523. The number of anilines is 1. The van der Waals surface area contributed by atoms with Crippen molar-refractivity contribution in [1.82, 2.24) is 19.8 Å². The largest absolute Gasteiger partial charge is 0.459 e. The molecule has 0 aliphatic carbocycles. The van der Waals surface area contributed by atoms with E-state index >= 15 is 0 Å². The molecule has 2 amide bonds. The smallest absolute Gasteiger partial charge is 0.289 e. The number of amides is 2. The number of carbonyl (C=O) groups is 2. The first kappa shape index (κ1) is 18.1. The van der Waals surface area contributed by atoms with Gasteiger partial charge in [0.15, 0.2) is 5.76 Å². The minimum atomic E-state index is -0.241. The molecule has 2 aromatic heterocycles. The van der Waals surface area contributed by atoms with Crippen LogP contribution in [0.5, 0.6) is 0 Å². The van der Waals surface area contributed by atoms with Crippen LogP contribution in [0.1, 0.15) is 52.3 Å². The molecule has 5 rings (SSSR count). The number of likely N-dealkylation sites (tertiary alicyclic amines) is 1. The van der Waals surface area contributed by atoms with Crippen LogP contribution in [0.2, 0.25) is 0 Å². The van der Waals surface area contributed by atoms with Gasteiger partial charge in [0.2, 0.25) is 5.95 Å². The van der Waals surface area contributed by atoms with Gasteiger partial charge in [-0.15, -0.1) is 0 Å². The maximum absolute atomic E-state index is 12.8. The van der Waals surface area contributed by atoms with Crippen LogP contribution in [0.4, 0.5) is 5.95 Å². The molecule has 1 spiro atoms. The lowest BCUT2D eigenvalue weighted by Crippen LogP contribution is -2.54. The fraction of sp³-hybridized carbons (Fsp3) is 0.524. The molecule has 8 nitrogen and oxygen atoms in total. The summed E-state index contributed by atoms with van der Waals surface area (Å²) in [6.07, 6.45) is 7.05. The third-order valence-corrected chi connectivity index (χ3v) is 6.52. The predicted octanol–water partition coefficient (Wildman–Crippen LogP) is 1.93. The molecule has 8 heteroatoms. The summed E-state index contributed by atoms with van der Waals surface area (Å²) in [5.41, 5.74) is 1.23. The van der Waals surface area contributed by atoms with Crippen molar-refractivity contribution in [1.29, 1.82) is 0 Å². The van der Waals surface area contributed by atoms with Gasteiger partial charge in [0, 0.05) is 51.4 Å². The maximum atomic E-state index is 12.8. The van der Waals surface area contributed by atoms with Gasteiger partial charge in [-0.25, -0.2) is 9.97 Å². The van der Waals surface area contributed by atoms with Crippen LogP contribution in [0.25, 0.3) is 0 Å². The molecule has 29 heavy (non-hydrogen) atoms. The van der Waals surface area contributed by atoms with E-state index in [4.69, 9.17) is 9.40 Å². The van der Waals surface area contributed by atoms with E-state index in [1.807, 2.05) is 11.9 Å². The average Bonchev–Trinajstić information content (AvgIpc) is 3.46. The van der Waals surface area contributed by atoms with E-state index in [0.29, 0.717) is 31.0 Å². The van der Waals surface area contributed by atoms with Crippen molar-refractivity contribution in [2.24, 2.45) is 0 Å². The Labute approximate surface area is 169 Å². The van der Waals surface area contributed by atoms with Gasteiger partial charge in [0.25, 0.3) is 11.8 Å². The Kier molecular flexibility index (Phi) is 4.29. The highest BCUT2D eigenvalue weighted by Gasteiger charge is 2.46. The van der Waals surface area contributed by atoms with Crippen molar-refractivity contribution < 1.29 is 14.0 Å². The number of fused-ring (bicyclic) bond motifs is 2. The molecule has 0 N–H and O–H groups in total. The second kappa shape index (κ2) is 6.86. The minimum absolute atomic E-state index is 0.0207. The first-order valence-corrected chi connectivity index (χ1v) is 10.3. The number of piperidine rings is 1. The predicted molar refractivity (Wildman–Crippen MR) is 106 cm³/mol. The number of hydrogen-bond acceptors (Lipinski definition) is 6. The Hall–Kier alpha value is -2.90. The lowest BCUT2D eigenvalue weighted by Gasteiger charge is -2.46. The van der Waals surface area contributed by atoms with Crippen molar-refractivity contribution in [2.75, 3.05) is 44.7 Å². The second-order valence-electron chi connectivity index (χ2n) is 8.34. The SMILES string of the molecule is CN1CC2(CCN(C(=O)c3ccco3)CC2)c2nc(N3CCCC3)ncc2C1=O. The third-order valence-electron chi connectivity index (χ3n) is 6.52. The van der Waals surface area contributed by atoms with Gasteiger partial charge in [-0.05, 0) is 37.8 Å². The molecule has 152 valence electrons. The van der Waals surface area contributed by atoms with E-state index < -0.39 is 0 Å². The summed E-state index contributed by atoms with van der Waals surface area (Å²) in [4.78, 5) is 40.6. The fourth-order valence-corrected chi connectivity index (χ4v) is 4.90. The van der Waals surface area contributed by atoms with Crippen LogP contribution in [-0.2, 0) is 5.41 Å². The molecule has 3 aliphatic rings. The fourth-order valence-electron chi connectivity index (χ4n) is 4.90. The Bertz CT molecular complexity index is 928. The average molecular weight is 395 g/mol. The zero-order valence-electron chi connectivity index (χ0n) is 16.6. The Morgan fingerprint density at radius 2 is 1.93 bits per heavy atom. The van der Waals surface area contributed by atoms with Crippen molar-refractivity contribution >= 4 is 17.8 Å². The van der Waals surface area contributed by atoms with Crippen LogP contribution >= 0.6 is 0 Å². The number of aromatic nitrogens is 2. The molecule has 0 radical (unpaired) electrons. The minimum Gasteiger partial charge on any atom is -0.459 e. The summed E-state index contributed by atoms with van der Waals surface area (Å²) < 4.78 is 5.28. The van der Waals surface area contributed by atoms with Gasteiger partial charge < -0.3 is 19.1 Å². The van der Waals surface area contributed by atoms with Gasteiger partial charge in [0.1, 0.15) is 0 Å². The maximum Gasteiger partial charge on any atom is 0.289 e. The Morgan fingerprint density at radius 3 is 2.62 bits per heavy atom. The standard InChI is InChI=1S/C21H25N5O3/c1-24-14-21(6-10-25(11-7-21)19(28)16-5-4-12-29-16)17-15(18(24)27)13-22-20(23-17)26-8-2-3-9-26/h4-5,12-13H,2-3,6-11,14H2,1H3. The van der Waals surface area contributed by atoms with Gasteiger partial charge in [-0.2, -0.15) is 0 Å².